The van der Waals surface area contributed by atoms with Crippen LogP contribution in [0, 0.1) is 12.8 Å². The zero-order chi connectivity index (χ0) is 13.1. The van der Waals surface area contributed by atoms with Crippen LogP contribution in [0.5, 0.6) is 0 Å². The predicted molar refractivity (Wildman–Crippen MR) is 74.8 cm³/mol. The lowest BCUT2D eigenvalue weighted by Gasteiger charge is -2.30. The van der Waals surface area contributed by atoms with E-state index in [4.69, 9.17) is 0 Å². The van der Waals surface area contributed by atoms with E-state index in [0.717, 1.165) is 25.1 Å². The summed E-state index contributed by atoms with van der Waals surface area (Å²) in [4.78, 5) is 14.2. The van der Waals surface area contributed by atoms with E-state index in [1.807, 2.05) is 38.2 Å². The van der Waals surface area contributed by atoms with Gasteiger partial charge in [-0.25, -0.2) is 0 Å². The molecule has 1 aromatic rings. The van der Waals surface area contributed by atoms with E-state index in [2.05, 4.69) is 12.2 Å². The standard InChI is InChI=1S/C15H22N2O/c1-11-5-4-6-13(9-11)17(3)15(18)14-10-12(2)7-8-16-14/h4-6,9,12,14,16H,7-8,10H2,1-3H3. The Hall–Kier alpha value is -1.35. The molecule has 98 valence electrons. The summed E-state index contributed by atoms with van der Waals surface area (Å²) in [5.74, 6) is 0.804. The van der Waals surface area contributed by atoms with Crippen molar-refractivity contribution < 1.29 is 4.79 Å². The smallest absolute Gasteiger partial charge is 0.243 e. The zero-order valence-corrected chi connectivity index (χ0v) is 11.4. The number of hydrogen-bond acceptors (Lipinski definition) is 2. The van der Waals surface area contributed by atoms with Gasteiger partial charge in [-0.3, -0.25) is 4.79 Å². The predicted octanol–water partition coefficient (Wildman–Crippen LogP) is 2.35. The van der Waals surface area contributed by atoms with Gasteiger partial charge in [0, 0.05) is 12.7 Å². The maximum absolute atomic E-state index is 12.4. The number of rotatable bonds is 2. The van der Waals surface area contributed by atoms with Crippen molar-refractivity contribution in [1.29, 1.82) is 0 Å². The van der Waals surface area contributed by atoms with Crippen molar-refractivity contribution in [1.82, 2.24) is 5.32 Å². The van der Waals surface area contributed by atoms with E-state index >= 15 is 0 Å². The molecule has 0 saturated carbocycles. The number of carbonyl (C=O) groups excluding carboxylic acids is 1. The first-order valence-corrected chi connectivity index (χ1v) is 6.65. The number of aryl methyl sites for hydroxylation is 1. The molecule has 0 radical (unpaired) electrons. The van der Waals surface area contributed by atoms with Crippen LogP contribution >= 0.6 is 0 Å². The largest absolute Gasteiger partial charge is 0.314 e. The minimum atomic E-state index is -0.0285. The van der Waals surface area contributed by atoms with Gasteiger partial charge in [-0.05, 0) is 49.9 Å². The normalized spacial score (nSPS) is 23.7. The first-order chi connectivity index (χ1) is 8.58. The molecular formula is C15H22N2O. The van der Waals surface area contributed by atoms with E-state index in [0.29, 0.717) is 5.92 Å². The van der Waals surface area contributed by atoms with E-state index in [1.54, 1.807) is 4.90 Å². The van der Waals surface area contributed by atoms with Crippen LogP contribution < -0.4 is 10.2 Å². The van der Waals surface area contributed by atoms with Gasteiger partial charge in [0.25, 0.3) is 0 Å². The van der Waals surface area contributed by atoms with Crippen LogP contribution in [0.25, 0.3) is 0 Å². The molecule has 3 nitrogen and oxygen atoms in total. The summed E-state index contributed by atoms with van der Waals surface area (Å²) in [5.41, 5.74) is 2.15. The highest BCUT2D eigenvalue weighted by molar-refractivity contribution is 5.96. The Labute approximate surface area is 109 Å². The molecule has 0 spiro atoms. The summed E-state index contributed by atoms with van der Waals surface area (Å²) < 4.78 is 0. The third-order valence-corrected chi connectivity index (χ3v) is 3.68. The van der Waals surface area contributed by atoms with E-state index in [-0.39, 0.29) is 11.9 Å². The molecule has 3 heteroatoms. The highest BCUT2D eigenvalue weighted by Gasteiger charge is 2.27. The van der Waals surface area contributed by atoms with Gasteiger partial charge in [-0.1, -0.05) is 19.1 Å². The van der Waals surface area contributed by atoms with Crippen LogP contribution in [-0.4, -0.2) is 25.5 Å². The van der Waals surface area contributed by atoms with E-state index in [1.165, 1.54) is 5.56 Å². The second kappa shape index (κ2) is 5.53. The Morgan fingerprint density at radius 3 is 2.89 bits per heavy atom. The van der Waals surface area contributed by atoms with Crippen molar-refractivity contribution in [3.05, 3.63) is 29.8 Å². The van der Waals surface area contributed by atoms with Crippen LogP contribution in [0.3, 0.4) is 0 Å². The van der Waals surface area contributed by atoms with E-state index in [9.17, 15) is 4.79 Å². The lowest BCUT2D eigenvalue weighted by atomic mass is 9.93. The highest BCUT2D eigenvalue weighted by atomic mass is 16.2. The van der Waals surface area contributed by atoms with Crippen LogP contribution in [0.2, 0.25) is 0 Å². The van der Waals surface area contributed by atoms with Crippen LogP contribution in [0.4, 0.5) is 5.69 Å². The molecule has 1 aliphatic heterocycles. The van der Waals surface area contributed by atoms with Crippen molar-refractivity contribution in [2.75, 3.05) is 18.5 Å². The van der Waals surface area contributed by atoms with Gasteiger partial charge < -0.3 is 10.2 Å². The minimum Gasteiger partial charge on any atom is -0.314 e. The molecule has 1 heterocycles. The van der Waals surface area contributed by atoms with Crippen molar-refractivity contribution in [2.24, 2.45) is 5.92 Å². The maximum atomic E-state index is 12.4. The SMILES string of the molecule is Cc1cccc(N(C)C(=O)C2CC(C)CCN2)c1. The first-order valence-electron chi connectivity index (χ1n) is 6.65. The Bertz CT molecular complexity index is 430. The molecule has 0 aliphatic carbocycles. The third-order valence-electron chi connectivity index (χ3n) is 3.68. The van der Waals surface area contributed by atoms with Gasteiger partial charge in [0.1, 0.15) is 0 Å². The minimum absolute atomic E-state index is 0.0285. The molecule has 1 amide bonds. The second-order valence-electron chi connectivity index (χ2n) is 5.37. The average molecular weight is 246 g/mol. The monoisotopic (exact) mass is 246 g/mol. The summed E-state index contributed by atoms with van der Waals surface area (Å²) >= 11 is 0. The first kappa shape index (κ1) is 13.1. The Morgan fingerprint density at radius 1 is 1.44 bits per heavy atom. The maximum Gasteiger partial charge on any atom is 0.243 e. The molecule has 1 saturated heterocycles. The number of anilines is 1. The van der Waals surface area contributed by atoms with Crippen LogP contribution in [0.1, 0.15) is 25.3 Å². The molecular weight excluding hydrogens is 224 g/mol. The molecule has 2 atom stereocenters. The number of nitrogens with zero attached hydrogens (tertiary/aromatic N) is 1. The summed E-state index contributed by atoms with van der Waals surface area (Å²) in [6, 6.07) is 8.04. The number of likely N-dealkylation sites (N-methyl/N-ethyl adjacent to an activating group) is 1. The third kappa shape index (κ3) is 2.91. The Balaban J connectivity index is 2.08. The highest BCUT2D eigenvalue weighted by Crippen LogP contribution is 2.20. The molecule has 2 rings (SSSR count). The van der Waals surface area contributed by atoms with Gasteiger partial charge in [-0.2, -0.15) is 0 Å². The lowest BCUT2D eigenvalue weighted by molar-refractivity contribution is -0.121. The van der Waals surface area contributed by atoms with E-state index < -0.39 is 0 Å². The number of nitrogens with one attached hydrogen (secondary N) is 1. The van der Waals surface area contributed by atoms with Crippen molar-refractivity contribution in [3.8, 4) is 0 Å². The fourth-order valence-electron chi connectivity index (χ4n) is 2.49. The summed E-state index contributed by atoms with van der Waals surface area (Å²) in [6.07, 6.45) is 2.10. The van der Waals surface area contributed by atoms with Gasteiger partial charge in [-0.15, -0.1) is 0 Å². The number of hydrogen-bond donors (Lipinski definition) is 1. The molecule has 2 unspecified atom stereocenters. The average Bonchev–Trinajstić information content (AvgIpc) is 2.37. The number of carbonyl (C=O) groups is 1. The summed E-state index contributed by atoms with van der Waals surface area (Å²) in [6.45, 7) is 5.20. The van der Waals surface area contributed by atoms with Crippen molar-refractivity contribution in [3.63, 3.8) is 0 Å². The van der Waals surface area contributed by atoms with Crippen LogP contribution in [-0.2, 0) is 4.79 Å². The van der Waals surface area contributed by atoms with Gasteiger partial charge in [0.05, 0.1) is 6.04 Å². The van der Waals surface area contributed by atoms with Gasteiger partial charge in [0.15, 0.2) is 0 Å². The summed E-state index contributed by atoms with van der Waals surface area (Å²) in [7, 11) is 1.86. The molecule has 0 aromatic heterocycles. The van der Waals surface area contributed by atoms with Crippen molar-refractivity contribution in [2.45, 2.75) is 32.7 Å². The number of amides is 1. The molecule has 1 aromatic carbocycles. The molecule has 0 bridgehead atoms. The molecule has 1 aliphatic rings. The van der Waals surface area contributed by atoms with Gasteiger partial charge >= 0.3 is 0 Å². The van der Waals surface area contributed by atoms with Crippen molar-refractivity contribution >= 4 is 11.6 Å². The second-order valence-corrected chi connectivity index (χ2v) is 5.37. The Kier molecular flexibility index (Phi) is 4.02. The quantitative estimate of drug-likeness (QED) is 0.868. The fourth-order valence-corrected chi connectivity index (χ4v) is 2.49. The Morgan fingerprint density at radius 2 is 2.22 bits per heavy atom. The topological polar surface area (TPSA) is 32.3 Å². The van der Waals surface area contributed by atoms with Crippen LogP contribution in [0.15, 0.2) is 24.3 Å². The molecule has 18 heavy (non-hydrogen) atoms. The lowest BCUT2D eigenvalue weighted by Crippen LogP contribution is -2.49. The molecule has 1 N–H and O–H groups in total. The number of benzene rings is 1. The fraction of sp³-hybridized carbons (Fsp3) is 0.533. The molecule has 1 fully saturated rings. The van der Waals surface area contributed by atoms with Gasteiger partial charge in [0.2, 0.25) is 5.91 Å². The zero-order valence-electron chi connectivity index (χ0n) is 11.4. The summed E-state index contributed by atoms with van der Waals surface area (Å²) in [5, 5.41) is 3.32. The number of piperidine rings is 1.